The number of rotatable bonds is 3. The highest BCUT2D eigenvalue weighted by molar-refractivity contribution is 5.53. The fourth-order valence-corrected chi connectivity index (χ4v) is 2.29. The fourth-order valence-electron chi connectivity index (χ4n) is 2.29. The van der Waals surface area contributed by atoms with Gasteiger partial charge in [0.25, 0.3) is 0 Å². The third-order valence-electron chi connectivity index (χ3n) is 3.23. The number of nitriles is 1. The summed E-state index contributed by atoms with van der Waals surface area (Å²) >= 11 is 0. The Morgan fingerprint density at radius 3 is 3.29 bits per heavy atom. The largest absolute Gasteiger partial charge is 0.379 e. The maximum atomic E-state index is 8.98. The van der Waals surface area contributed by atoms with Gasteiger partial charge in [0.2, 0.25) is 0 Å². The summed E-state index contributed by atoms with van der Waals surface area (Å²) in [6.07, 6.45) is 4.03. The molecule has 0 bridgehead atoms. The SMILES string of the molecule is CCN1CCCC(Nc2cccnc2C#N)C1. The molecule has 1 N–H and O–H groups in total. The first-order valence-electron chi connectivity index (χ1n) is 6.17. The van der Waals surface area contributed by atoms with Crippen LogP contribution in [0.5, 0.6) is 0 Å². The maximum Gasteiger partial charge on any atom is 0.163 e. The molecule has 1 saturated heterocycles. The minimum atomic E-state index is 0.431. The summed E-state index contributed by atoms with van der Waals surface area (Å²) in [4.78, 5) is 6.50. The zero-order chi connectivity index (χ0) is 12.1. The van der Waals surface area contributed by atoms with Crippen molar-refractivity contribution in [3.05, 3.63) is 24.0 Å². The standard InChI is InChI=1S/C13H18N4/c1-2-17-8-4-5-11(10-17)16-12-6-3-7-15-13(12)9-14/h3,6-7,11,16H,2,4-5,8,10H2,1H3. The second kappa shape index (κ2) is 5.65. The van der Waals surface area contributed by atoms with Gasteiger partial charge in [0.05, 0.1) is 5.69 Å². The number of aromatic nitrogens is 1. The van der Waals surface area contributed by atoms with Crippen LogP contribution in [0, 0.1) is 11.3 Å². The molecule has 4 heteroatoms. The Morgan fingerprint density at radius 2 is 2.53 bits per heavy atom. The first-order chi connectivity index (χ1) is 8.33. The normalized spacial score (nSPS) is 20.8. The lowest BCUT2D eigenvalue weighted by Gasteiger charge is -2.32. The van der Waals surface area contributed by atoms with Crippen molar-refractivity contribution in [2.45, 2.75) is 25.8 Å². The van der Waals surface area contributed by atoms with E-state index in [4.69, 9.17) is 5.26 Å². The molecule has 0 aromatic carbocycles. The summed E-state index contributed by atoms with van der Waals surface area (Å²) in [6, 6.07) is 6.35. The van der Waals surface area contributed by atoms with E-state index in [9.17, 15) is 0 Å². The van der Waals surface area contributed by atoms with Crippen LogP contribution in [0.3, 0.4) is 0 Å². The van der Waals surface area contributed by atoms with E-state index in [1.165, 1.54) is 13.0 Å². The zero-order valence-electron chi connectivity index (χ0n) is 10.2. The Balaban J connectivity index is 2.03. The molecule has 0 amide bonds. The van der Waals surface area contributed by atoms with Crippen LogP contribution in [-0.4, -0.2) is 35.6 Å². The number of likely N-dealkylation sites (tertiary alicyclic amines) is 1. The molecule has 2 rings (SSSR count). The van der Waals surface area contributed by atoms with Crippen LogP contribution in [0.4, 0.5) is 5.69 Å². The van der Waals surface area contributed by atoms with E-state index in [-0.39, 0.29) is 0 Å². The van der Waals surface area contributed by atoms with E-state index in [1.807, 2.05) is 12.1 Å². The van der Waals surface area contributed by atoms with Gasteiger partial charge in [-0.05, 0) is 38.1 Å². The van der Waals surface area contributed by atoms with Crippen molar-refractivity contribution in [1.29, 1.82) is 5.26 Å². The topological polar surface area (TPSA) is 52.0 Å². The molecule has 2 heterocycles. The molecule has 1 aromatic rings. The van der Waals surface area contributed by atoms with E-state index < -0.39 is 0 Å². The summed E-state index contributed by atoms with van der Waals surface area (Å²) in [5, 5.41) is 12.4. The van der Waals surface area contributed by atoms with Gasteiger partial charge >= 0.3 is 0 Å². The lowest BCUT2D eigenvalue weighted by atomic mass is 10.1. The molecular weight excluding hydrogens is 212 g/mol. The quantitative estimate of drug-likeness (QED) is 0.861. The molecule has 90 valence electrons. The molecule has 4 nitrogen and oxygen atoms in total. The van der Waals surface area contributed by atoms with Crippen molar-refractivity contribution >= 4 is 5.69 Å². The zero-order valence-corrected chi connectivity index (χ0v) is 10.2. The number of likely N-dealkylation sites (N-methyl/N-ethyl adjacent to an activating group) is 1. The van der Waals surface area contributed by atoms with Crippen LogP contribution in [0.2, 0.25) is 0 Å². The van der Waals surface area contributed by atoms with Crippen molar-refractivity contribution in [3.8, 4) is 6.07 Å². The molecule has 0 spiro atoms. The minimum absolute atomic E-state index is 0.431. The predicted octanol–water partition coefficient (Wildman–Crippen LogP) is 1.85. The number of hydrogen-bond donors (Lipinski definition) is 1. The van der Waals surface area contributed by atoms with Crippen LogP contribution in [0.1, 0.15) is 25.5 Å². The summed E-state index contributed by atoms with van der Waals surface area (Å²) < 4.78 is 0. The smallest absolute Gasteiger partial charge is 0.163 e. The lowest BCUT2D eigenvalue weighted by molar-refractivity contribution is 0.227. The monoisotopic (exact) mass is 230 g/mol. The van der Waals surface area contributed by atoms with Crippen LogP contribution in [0.15, 0.2) is 18.3 Å². The van der Waals surface area contributed by atoms with Crippen LogP contribution in [0.25, 0.3) is 0 Å². The Labute approximate surface area is 102 Å². The Bertz CT molecular complexity index is 410. The molecule has 17 heavy (non-hydrogen) atoms. The summed E-state index contributed by atoms with van der Waals surface area (Å²) in [5.74, 6) is 0. The van der Waals surface area contributed by atoms with Crippen molar-refractivity contribution in [2.75, 3.05) is 25.0 Å². The van der Waals surface area contributed by atoms with Gasteiger partial charge in [-0.2, -0.15) is 5.26 Å². The Kier molecular flexibility index (Phi) is 3.94. The highest BCUT2D eigenvalue weighted by Gasteiger charge is 2.19. The number of nitrogens with zero attached hydrogens (tertiary/aromatic N) is 3. The number of hydrogen-bond acceptors (Lipinski definition) is 4. The fraction of sp³-hybridized carbons (Fsp3) is 0.538. The second-order valence-electron chi connectivity index (χ2n) is 4.39. The molecule has 1 aliphatic rings. The minimum Gasteiger partial charge on any atom is -0.379 e. The highest BCUT2D eigenvalue weighted by atomic mass is 15.2. The van der Waals surface area contributed by atoms with Crippen molar-refractivity contribution in [2.24, 2.45) is 0 Å². The lowest BCUT2D eigenvalue weighted by Crippen LogP contribution is -2.41. The van der Waals surface area contributed by atoms with Gasteiger partial charge in [0.1, 0.15) is 6.07 Å². The number of nitrogens with one attached hydrogen (secondary N) is 1. The van der Waals surface area contributed by atoms with E-state index >= 15 is 0 Å². The summed E-state index contributed by atoms with van der Waals surface area (Å²) in [6.45, 7) is 5.52. The van der Waals surface area contributed by atoms with Gasteiger partial charge in [0.15, 0.2) is 5.69 Å². The van der Waals surface area contributed by atoms with Crippen LogP contribution >= 0.6 is 0 Å². The molecule has 1 aromatic heterocycles. The molecule has 0 saturated carbocycles. The molecule has 1 fully saturated rings. The summed E-state index contributed by atoms with van der Waals surface area (Å²) in [7, 11) is 0. The Morgan fingerprint density at radius 1 is 1.65 bits per heavy atom. The summed E-state index contributed by atoms with van der Waals surface area (Å²) in [5.41, 5.74) is 1.35. The molecule has 0 radical (unpaired) electrons. The average Bonchev–Trinajstić information content (AvgIpc) is 2.39. The molecule has 0 aliphatic carbocycles. The molecule has 1 atom stereocenters. The van der Waals surface area contributed by atoms with Crippen molar-refractivity contribution in [3.63, 3.8) is 0 Å². The van der Waals surface area contributed by atoms with Gasteiger partial charge < -0.3 is 10.2 Å². The average molecular weight is 230 g/mol. The van der Waals surface area contributed by atoms with Crippen LogP contribution in [-0.2, 0) is 0 Å². The van der Waals surface area contributed by atoms with Gasteiger partial charge in [0, 0.05) is 18.8 Å². The van der Waals surface area contributed by atoms with Crippen LogP contribution < -0.4 is 5.32 Å². The second-order valence-corrected chi connectivity index (χ2v) is 4.39. The van der Waals surface area contributed by atoms with Gasteiger partial charge in [-0.1, -0.05) is 6.92 Å². The molecule has 1 aliphatic heterocycles. The van der Waals surface area contributed by atoms with E-state index in [0.29, 0.717) is 11.7 Å². The maximum absolute atomic E-state index is 8.98. The number of pyridine rings is 1. The van der Waals surface area contributed by atoms with E-state index in [2.05, 4.69) is 28.2 Å². The number of piperidine rings is 1. The van der Waals surface area contributed by atoms with Gasteiger partial charge in [-0.25, -0.2) is 4.98 Å². The Hall–Kier alpha value is -1.60. The van der Waals surface area contributed by atoms with Gasteiger partial charge in [-0.3, -0.25) is 0 Å². The first-order valence-corrected chi connectivity index (χ1v) is 6.17. The van der Waals surface area contributed by atoms with E-state index in [1.54, 1.807) is 6.20 Å². The third kappa shape index (κ3) is 2.95. The predicted molar refractivity (Wildman–Crippen MR) is 67.7 cm³/mol. The highest BCUT2D eigenvalue weighted by Crippen LogP contribution is 2.17. The van der Waals surface area contributed by atoms with Gasteiger partial charge in [-0.15, -0.1) is 0 Å². The number of anilines is 1. The van der Waals surface area contributed by atoms with E-state index in [0.717, 1.165) is 25.2 Å². The molecule has 1 unspecified atom stereocenters. The van der Waals surface area contributed by atoms with Crippen molar-refractivity contribution in [1.82, 2.24) is 9.88 Å². The van der Waals surface area contributed by atoms with Crippen molar-refractivity contribution < 1.29 is 0 Å². The first kappa shape index (κ1) is 11.9. The molecular formula is C13H18N4. The third-order valence-corrected chi connectivity index (χ3v) is 3.23.